The van der Waals surface area contributed by atoms with Crippen LogP contribution < -0.4 is 10.6 Å². The fraction of sp³-hybridized carbons (Fsp3) is 0.182. The Hall–Kier alpha value is -3.14. The third kappa shape index (κ3) is 4.48. The Morgan fingerprint density at radius 2 is 1.65 bits per heavy atom. The third-order valence-corrected chi connectivity index (χ3v) is 4.29. The molecule has 3 aromatic rings. The Morgan fingerprint density at radius 3 is 2.27 bits per heavy atom. The molecular formula is C22H23N3O. The minimum atomic E-state index is -0.180. The highest BCUT2D eigenvalue weighted by molar-refractivity contribution is 5.92. The van der Waals surface area contributed by atoms with E-state index in [2.05, 4.69) is 34.7 Å². The molecule has 2 aromatic carbocycles. The number of aromatic nitrogens is 1. The number of hydrogen-bond acceptors (Lipinski definition) is 3. The van der Waals surface area contributed by atoms with Crippen LogP contribution in [0.2, 0.25) is 0 Å². The SMILES string of the molecule is CCc1ccc(Nc2ccc(C(=O)NC(C)c3ccccc3)nc2)cc1. The van der Waals surface area contributed by atoms with Crippen LogP contribution in [0.25, 0.3) is 0 Å². The number of nitrogens with zero attached hydrogens (tertiary/aromatic N) is 1. The summed E-state index contributed by atoms with van der Waals surface area (Å²) in [5, 5.41) is 6.27. The molecule has 2 N–H and O–H groups in total. The highest BCUT2D eigenvalue weighted by Crippen LogP contribution is 2.17. The molecule has 26 heavy (non-hydrogen) atoms. The smallest absolute Gasteiger partial charge is 0.270 e. The molecule has 1 heterocycles. The second-order valence-corrected chi connectivity index (χ2v) is 6.21. The molecule has 1 unspecified atom stereocenters. The van der Waals surface area contributed by atoms with Crippen LogP contribution in [0.3, 0.4) is 0 Å². The highest BCUT2D eigenvalue weighted by atomic mass is 16.1. The summed E-state index contributed by atoms with van der Waals surface area (Å²) >= 11 is 0. The lowest BCUT2D eigenvalue weighted by Gasteiger charge is -2.14. The Kier molecular flexibility index (Phi) is 5.64. The molecule has 4 nitrogen and oxygen atoms in total. The van der Waals surface area contributed by atoms with Gasteiger partial charge in [-0.15, -0.1) is 0 Å². The predicted octanol–water partition coefficient (Wildman–Crippen LogP) is 4.88. The number of pyridine rings is 1. The van der Waals surface area contributed by atoms with Gasteiger partial charge >= 0.3 is 0 Å². The zero-order chi connectivity index (χ0) is 18.4. The number of rotatable bonds is 6. The van der Waals surface area contributed by atoms with Crippen LogP contribution in [-0.4, -0.2) is 10.9 Å². The van der Waals surface area contributed by atoms with Crippen molar-refractivity contribution in [3.8, 4) is 0 Å². The summed E-state index contributed by atoms with van der Waals surface area (Å²) in [7, 11) is 0. The van der Waals surface area contributed by atoms with Crippen molar-refractivity contribution in [1.29, 1.82) is 0 Å². The van der Waals surface area contributed by atoms with Gasteiger partial charge in [-0.3, -0.25) is 4.79 Å². The zero-order valence-electron chi connectivity index (χ0n) is 15.1. The van der Waals surface area contributed by atoms with Crippen LogP contribution >= 0.6 is 0 Å². The van der Waals surface area contributed by atoms with Gasteiger partial charge in [-0.2, -0.15) is 0 Å². The van der Waals surface area contributed by atoms with E-state index in [0.29, 0.717) is 5.69 Å². The molecule has 4 heteroatoms. The van der Waals surface area contributed by atoms with Gasteiger partial charge in [0.1, 0.15) is 5.69 Å². The fourth-order valence-corrected chi connectivity index (χ4v) is 2.69. The lowest BCUT2D eigenvalue weighted by Crippen LogP contribution is -2.27. The summed E-state index contributed by atoms with van der Waals surface area (Å²) in [6, 6.07) is 21.7. The molecular weight excluding hydrogens is 322 g/mol. The molecule has 0 bridgehead atoms. The van der Waals surface area contributed by atoms with Crippen molar-refractivity contribution >= 4 is 17.3 Å². The first-order valence-corrected chi connectivity index (χ1v) is 8.83. The van der Waals surface area contributed by atoms with E-state index in [-0.39, 0.29) is 11.9 Å². The van der Waals surface area contributed by atoms with Crippen molar-refractivity contribution in [3.63, 3.8) is 0 Å². The van der Waals surface area contributed by atoms with Gasteiger partial charge in [0.15, 0.2) is 0 Å². The van der Waals surface area contributed by atoms with E-state index in [1.807, 2.05) is 55.5 Å². The van der Waals surface area contributed by atoms with Crippen LogP contribution in [0.4, 0.5) is 11.4 Å². The van der Waals surface area contributed by atoms with Crippen molar-refractivity contribution in [2.45, 2.75) is 26.3 Å². The van der Waals surface area contributed by atoms with Gasteiger partial charge in [-0.1, -0.05) is 49.4 Å². The predicted molar refractivity (Wildman–Crippen MR) is 106 cm³/mol. The van der Waals surface area contributed by atoms with Crippen LogP contribution in [0.15, 0.2) is 72.9 Å². The molecule has 132 valence electrons. The first kappa shape index (κ1) is 17.7. The largest absolute Gasteiger partial charge is 0.354 e. The van der Waals surface area contributed by atoms with E-state index in [0.717, 1.165) is 23.4 Å². The molecule has 0 radical (unpaired) electrons. The van der Waals surface area contributed by atoms with Gasteiger partial charge in [0.25, 0.3) is 5.91 Å². The third-order valence-electron chi connectivity index (χ3n) is 4.29. The standard InChI is InChI=1S/C22H23N3O/c1-3-17-9-11-19(12-10-17)25-20-13-14-21(23-15-20)22(26)24-16(2)18-7-5-4-6-8-18/h4-16,25H,3H2,1-2H3,(H,24,26). The Labute approximate surface area is 154 Å². The van der Waals surface area contributed by atoms with Gasteiger partial charge in [-0.05, 0) is 48.7 Å². The Bertz CT molecular complexity index is 843. The van der Waals surface area contributed by atoms with Gasteiger partial charge in [0, 0.05) is 5.69 Å². The summed E-state index contributed by atoms with van der Waals surface area (Å²) in [5.74, 6) is -0.180. The molecule has 0 aliphatic carbocycles. The molecule has 0 spiro atoms. The van der Waals surface area contributed by atoms with Gasteiger partial charge in [0.05, 0.1) is 17.9 Å². The number of amides is 1. The van der Waals surface area contributed by atoms with E-state index < -0.39 is 0 Å². The van der Waals surface area contributed by atoms with Crippen molar-refractivity contribution in [2.75, 3.05) is 5.32 Å². The topological polar surface area (TPSA) is 54.0 Å². The van der Waals surface area contributed by atoms with Crippen LogP contribution in [-0.2, 0) is 6.42 Å². The number of carbonyl (C=O) groups excluding carboxylic acids is 1. The van der Waals surface area contributed by atoms with Gasteiger partial charge in [-0.25, -0.2) is 4.98 Å². The maximum atomic E-state index is 12.4. The minimum Gasteiger partial charge on any atom is -0.354 e. The van der Waals surface area contributed by atoms with E-state index in [1.165, 1.54) is 5.56 Å². The number of hydrogen-bond donors (Lipinski definition) is 2. The molecule has 3 rings (SSSR count). The average Bonchev–Trinajstić information content (AvgIpc) is 2.69. The average molecular weight is 345 g/mol. The van der Waals surface area contributed by atoms with Gasteiger partial charge < -0.3 is 10.6 Å². The summed E-state index contributed by atoms with van der Waals surface area (Å²) < 4.78 is 0. The first-order chi connectivity index (χ1) is 12.7. The van der Waals surface area contributed by atoms with Gasteiger partial charge in [0.2, 0.25) is 0 Å². The highest BCUT2D eigenvalue weighted by Gasteiger charge is 2.12. The summed E-state index contributed by atoms with van der Waals surface area (Å²) in [5.41, 5.74) is 4.61. The monoisotopic (exact) mass is 345 g/mol. The molecule has 0 aliphatic heterocycles. The number of carbonyl (C=O) groups is 1. The summed E-state index contributed by atoms with van der Waals surface area (Å²) in [6.07, 6.45) is 2.70. The van der Waals surface area contributed by atoms with Crippen molar-refractivity contribution in [3.05, 3.63) is 89.7 Å². The number of anilines is 2. The van der Waals surface area contributed by atoms with E-state index >= 15 is 0 Å². The van der Waals surface area contributed by atoms with E-state index in [4.69, 9.17) is 0 Å². The van der Waals surface area contributed by atoms with E-state index in [1.54, 1.807) is 12.3 Å². The Morgan fingerprint density at radius 1 is 0.962 bits per heavy atom. The Balaban J connectivity index is 1.62. The number of benzene rings is 2. The first-order valence-electron chi connectivity index (χ1n) is 8.83. The molecule has 1 amide bonds. The normalized spacial score (nSPS) is 11.6. The summed E-state index contributed by atoms with van der Waals surface area (Å²) in [6.45, 7) is 4.10. The van der Waals surface area contributed by atoms with E-state index in [9.17, 15) is 4.79 Å². The second kappa shape index (κ2) is 8.30. The quantitative estimate of drug-likeness (QED) is 0.669. The summed E-state index contributed by atoms with van der Waals surface area (Å²) in [4.78, 5) is 16.7. The number of nitrogens with one attached hydrogen (secondary N) is 2. The van der Waals surface area contributed by atoms with Crippen LogP contribution in [0, 0.1) is 0 Å². The maximum Gasteiger partial charge on any atom is 0.270 e. The second-order valence-electron chi connectivity index (χ2n) is 6.21. The lowest BCUT2D eigenvalue weighted by atomic mass is 10.1. The number of aryl methyl sites for hydroxylation is 1. The minimum absolute atomic E-state index is 0.0691. The molecule has 0 fully saturated rings. The molecule has 1 atom stereocenters. The van der Waals surface area contributed by atoms with Crippen LogP contribution in [0.5, 0.6) is 0 Å². The molecule has 0 saturated carbocycles. The molecule has 1 aromatic heterocycles. The fourth-order valence-electron chi connectivity index (χ4n) is 2.69. The maximum absolute atomic E-state index is 12.4. The van der Waals surface area contributed by atoms with Crippen LogP contribution in [0.1, 0.15) is 41.5 Å². The van der Waals surface area contributed by atoms with Crippen molar-refractivity contribution in [1.82, 2.24) is 10.3 Å². The zero-order valence-corrected chi connectivity index (χ0v) is 15.1. The lowest BCUT2D eigenvalue weighted by molar-refractivity contribution is 0.0935. The molecule has 0 saturated heterocycles. The molecule has 0 aliphatic rings. The van der Waals surface area contributed by atoms with Crippen molar-refractivity contribution in [2.24, 2.45) is 0 Å². The van der Waals surface area contributed by atoms with Crippen molar-refractivity contribution < 1.29 is 4.79 Å².